The molecular weight excluding hydrogens is 360 g/mol. The standard InChI is InChI=1S/C16H20N4O7/c1-5-27-16(23)13(20-24)9(2)18-19-15(22)14(21)17-11-8-10(25-3)6-7-12(11)26-4/h6-8,24H,5H2,1-4H3,(H,17,21)(H,19,22). The van der Waals surface area contributed by atoms with Crippen LogP contribution in [0, 0.1) is 0 Å². The maximum absolute atomic E-state index is 12.0. The number of ether oxygens (including phenoxy) is 3. The summed E-state index contributed by atoms with van der Waals surface area (Å²) in [5.74, 6) is -2.34. The Labute approximate surface area is 155 Å². The van der Waals surface area contributed by atoms with Crippen LogP contribution in [-0.2, 0) is 19.1 Å². The van der Waals surface area contributed by atoms with Gasteiger partial charge in [0.05, 0.1) is 32.2 Å². The van der Waals surface area contributed by atoms with Gasteiger partial charge in [-0.15, -0.1) is 0 Å². The summed E-state index contributed by atoms with van der Waals surface area (Å²) in [6.07, 6.45) is 0. The van der Waals surface area contributed by atoms with E-state index in [0.717, 1.165) is 0 Å². The van der Waals surface area contributed by atoms with Crippen molar-refractivity contribution in [2.75, 3.05) is 26.1 Å². The summed E-state index contributed by atoms with van der Waals surface area (Å²) < 4.78 is 14.8. The largest absolute Gasteiger partial charge is 0.497 e. The number of oxime groups is 1. The van der Waals surface area contributed by atoms with Gasteiger partial charge in [0.25, 0.3) is 0 Å². The van der Waals surface area contributed by atoms with Crippen LogP contribution >= 0.6 is 0 Å². The summed E-state index contributed by atoms with van der Waals surface area (Å²) >= 11 is 0. The molecule has 0 saturated carbocycles. The fourth-order valence-electron chi connectivity index (χ4n) is 1.79. The van der Waals surface area contributed by atoms with Crippen LogP contribution in [0.2, 0.25) is 0 Å². The summed E-state index contributed by atoms with van der Waals surface area (Å²) in [7, 11) is 2.85. The van der Waals surface area contributed by atoms with Crippen LogP contribution in [-0.4, -0.2) is 55.2 Å². The first kappa shape index (κ1) is 21.4. The number of rotatable bonds is 7. The van der Waals surface area contributed by atoms with Crippen LogP contribution in [0.1, 0.15) is 13.8 Å². The molecule has 27 heavy (non-hydrogen) atoms. The smallest absolute Gasteiger partial charge is 0.362 e. The molecule has 0 unspecified atom stereocenters. The van der Waals surface area contributed by atoms with Crippen molar-refractivity contribution < 1.29 is 33.8 Å². The number of nitrogens with zero attached hydrogens (tertiary/aromatic N) is 2. The van der Waals surface area contributed by atoms with Crippen molar-refractivity contribution in [2.24, 2.45) is 10.3 Å². The number of methoxy groups -OCH3 is 2. The molecular formula is C16H20N4O7. The third kappa shape index (κ3) is 5.99. The van der Waals surface area contributed by atoms with Crippen molar-refractivity contribution in [3.8, 4) is 11.5 Å². The van der Waals surface area contributed by atoms with E-state index in [4.69, 9.17) is 14.7 Å². The lowest BCUT2D eigenvalue weighted by molar-refractivity contribution is -0.136. The lowest BCUT2D eigenvalue weighted by Gasteiger charge is -2.11. The van der Waals surface area contributed by atoms with E-state index in [1.165, 1.54) is 27.2 Å². The van der Waals surface area contributed by atoms with Crippen molar-refractivity contribution in [2.45, 2.75) is 13.8 Å². The Morgan fingerprint density at radius 3 is 2.41 bits per heavy atom. The minimum Gasteiger partial charge on any atom is -0.497 e. The summed E-state index contributed by atoms with van der Waals surface area (Å²) in [6.45, 7) is 2.91. The molecule has 1 aromatic carbocycles. The lowest BCUT2D eigenvalue weighted by Crippen LogP contribution is -2.34. The van der Waals surface area contributed by atoms with E-state index in [9.17, 15) is 14.4 Å². The summed E-state index contributed by atoms with van der Waals surface area (Å²) in [5, 5.41) is 17.5. The zero-order valence-electron chi connectivity index (χ0n) is 15.2. The first-order valence-electron chi connectivity index (χ1n) is 7.65. The zero-order valence-corrected chi connectivity index (χ0v) is 15.2. The SMILES string of the molecule is CCOC(=O)C(=NO)C(C)=NNC(=O)C(=O)Nc1cc(OC)ccc1OC. The molecule has 2 amide bonds. The maximum atomic E-state index is 12.0. The van der Waals surface area contributed by atoms with Gasteiger partial charge < -0.3 is 24.7 Å². The van der Waals surface area contributed by atoms with Gasteiger partial charge in [0.2, 0.25) is 5.71 Å². The normalized spacial score (nSPS) is 11.4. The Kier molecular flexibility index (Phi) is 8.23. The van der Waals surface area contributed by atoms with Crippen LogP contribution in [0.25, 0.3) is 0 Å². The molecule has 0 spiro atoms. The van der Waals surface area contributed by atoms with Crippen molar-refractivity contribution in [3.63, 3.8) is 0 Å². The molecule has 11 nitrogen and oxygen atoms in total. The second kappa shape index (κ2) is 10.4. The molecule has 0 saturated heterocycles. The molecule has 0 heterocycles. The minimum absolute atomic E-state index is 0.0578. The second-order valence-corrected chi connectivity index (χ2v) is 4.83. The maximum Gasteiger partial charge on any atom is 0.362 e. The van der Waals surface area contributed by atoms with Gasteiger partial charge in [-0.25, -0.2) is 10.2 Å². The van der Waals surface area contributed by atoms with Gasteiger partial charge in [-0.1, -0.05) is 5.16 Å². The van der Waals surface area contributed by atoms with Crippen LogP contribution in [0.3, 0.4) is 0 Å². The van der Waals surface area contributed by atoms with Crippen molar-refractivity contribution in [3.05, 3.63) is 18.2 Å². The van der Waals surface area contributed by atoms with Gasteiger partial charge in [-0.05, 0) is 26.0 Å². The molecule has 0 aliphatic heterocycles. The number of hydrogen-bond acceptors (Lipinski definition) is 9. The average molecular weight is 380 g/mol. The molecule has 1 aromatic rings. The number of nitrogens with one attached hydrogen (secondary N) is 2. The highest BCUT2D eigenvalue weighted by Crippen LogP contribution is 2.28. The van der Waals surface area contributed by atoms with Crippen LogP contribution in [0.5, 0.6) is 11.5 Å². The van der Waals surface area contributed by atoms with Crippen LogP contribution in [0.15, 0.2) is 28.5 Å². The van der Waals surface area contributed by atoms with E-state index < -0.39 is 23.5 Å². The fraction of sp³-hybridized carbons (Fsp3) is 0.312. The van der Waals surface area contributed by atoms with E-state index in [1.54, 1.807) is 19.1 Å². The molecule has 0 aliphatic carbocycles. The molecule has 0 bridgehead atoms. The number of hydrogen-bond donors (Lipinski definition) is 3. The molecule has 11 heteroatoms. The minimum atomic E-state index is -1.12. The highest BCUT2D eigenvalue weighted by molar-refractivity contribution is 6.65. The number of anilines is 1. The number of esters is 1. The Morgan fingerprint density at radius 2 is 1.85 bits per heavy atom. The number of amides is 2. The lowest BCUT2D eigenvalue weighted by atomic mass is 10.2. The Hall–Kier alpha value is -3.63. The van der Waals surface area contributed by atoms with Gasteiger partial charge in [0.1, 0.15) is 11.5 Å². The molecule has 0 radical (unpaired) electrons. The molecule has 3 N–H and O–H groups in total. The predicted octanol–water partition coefficient (Wildman–Crippen LogP) is 0.528. The Bertz CT molecular complexity index is 774. The van der Waals surface area contributed by atoms with E-state index in [0.29, 0.717) is 11.5 Å². The second-order valence-electron chi connectivity index (χ2n) is 4.83. The van der Waals surface area contributed by atoms with Crippen molar-refractivity contribution in [1.29, 1.82) is 0 Å². The van der Waals surface area contributed by atoms with Crippen LogP contribution in [0.4, 0.5) is 5.69 Å². The topological polar surface area (TPSA) is 148 Å². The predicted molar refractivity (Wildman–Crippen MR) is 95.3 cm³/mol. The summed E-state index contributed by atoms with van der Waals surface area (Å²) in [4.78, 5) is 35.5. The monoisotopic (exact) mass is 380 g/mol. The van der Waals surface area contributed by atoms with Gasteiger partial charge in [0.15, 0.2) is 0 Å². The van der Waals surface area contributed by atoms with E-state index >= 15 is 0 Å². The highest BCUT2D eigenvalue weighted by Gasteiger charge is 2.19. The first-order chi connectivity index (χ1) is 12.9. The van der Waals surface area contributed by atoms with Gasteiger partial charge in [-0.3, -0.25) is 9.59 Å². The summed E-state index contributed by atoms with van der Waals surface area (Å²) in [5.41, 5.74) is 1.49. The average Bonchev–Trinajstić information content (AvgIpc) is 2.66. The molecule has 0 aromatic heterocycles. The molecule has 0 fully saturated rings. The number of benzene rings is 1. The number of carbonyl (C=O) groups excluding carboxylic acids is 3. The van der Waals surface area contributed by atoms with Gasteiger partial charge >= 0.3 is 17.8 Å². The third-order valence-corrected chi connectivity index (χ3v) is 3.10. The van der Waals surface area contributed by atoms with E-state index in [-0.39, 0.29) is 18.0 Å². The highest BCUT2D eigenvalue weighted by atomic mass is 16.5. The summed E-state index contributed by atoms with van der Waals surface area (Å²) in [6, 6.07) is 4.64. The van der Waals surface area contributed by atoms with Crippen molar-refractivity contribution >= 4 is 34.9 Å². The Morgan fingerprint density at radius 1 is 1.15 bits per heavy atom. The van der Waals surface area contributed by atoms with E-state index in [1.807, 2.05) is 5.43 Å². The molecule has 0 atom stereocenters. The molecule has 0 aliphatic rings. The van der Waals surface area contributed by atoms with Crippen molar-refractivity contribution in [1.82, 2.24) is 5.43 Å². The van der Waals surface area contributed by atoms with Gasteiger partial charge in [0, 0.05) is 6.07 Å². The Balaban J connectivity index is 2.83. The third-order valence-electron chi connectivity index (χ3n) is 3.10. The first-order valence-corrected chi connectivity index (χ1v) is 7.65. The number of hydrazone groups is 1. The zero-order chi connectivity index (χ0) is 20.4. The molecule has 146 valence electrons. The number of carbonyl (C=O) groups is 3. The quantitative estimate of drug-likeness (QED) is 0.205. The van der Waals surface area contributed by atoms with Gasteiger partial charge in [-0.2, -0.15) is 5.10 Å². The van der Waals surface area contributed by atoms with Crippen LogP contribution < -0.4 is 20.2 Å². The molecule has 1 rings (SSSR count). The van der Waals surface area contributed by atoms with E-state index in [2.05, 4.69) is 20.3 Å². The fourth-order valence-corrected chi connectivity index (χ4v) is 1.79.